The van der Waals surface area contributed by atoms with Gasteiger partial charge < -0.3 is 9.80 Å². The van der Waals surface area contributed by atoms with Gasteiger partial charge in [-0.05, 0) is 24.3 Å². The zero-order valence-electron chi connectivity index (χ0n) is 19.2. The largest absolute Gasteiger partial charge is 0.433 e. The van der Waals surface area contributed by atoms with E-state index in [0.29, 0.717) is 5.69 Å². The standard InChI is InChI=1S/C23H23F6N5O/c1-21(2,3)16-12-18-30-17(23(27,28)29)13-19(34(18)31-16)32-8-10-33(11-9-32)20(35)14-4-6-15(7-5-14)22(24,25)26/h4-7,12-13H,8-11H2,1-3H3. The van der Waals surface area contributed by atoms with E-state index in [2.05, 4.69) is 10.1 Å². The van der Waals surface area contributed by atoms with Gasteiger partial charge in [0.2, 0.25) is 0 Å². The lowest BCUT2D eigenvalue weighted by molar-refractivity contribution is -0.141. The minimum absolute atomic E-state index is 0.0722. The fourth-order valence-electron chi connectivity index (χ4n) is 3.82. The predicted molar refractivity (Wildman–Crippen MR) is 116 cm³/mol. The van der Waals surface area contributed by atoms with E-state index in [-0.39, 0.29) is 43.2 Å². The Labute approximate surface area is 197 Å². The Balaban J connectivity index is 1.57. The SMILES string of the molecule is CC(C)(C)c1cc2nc(C(F)(F)F)cc(N3CCN(C(=O)c4ccc(C(F)(F)F)cc4)CC3)n2n1. The number of carbonyl (C=O) groups excluding carboxylic acids is 1. The molecule has 35 heavy (non-hydrogen) atoms. The number of carbonyl (C=O) groups is 1. The number of anilines is 1. The molecule has 12 heteroatoms. The van der Waals surface area contributed by atoms with Crippen LogP contribution in [0.1, 0.15) is 48.1 Å². The lowest BCUT2D eigenvalue weighted by atomic mass is 9.93. The lowest BCUT2D eigenvalue weighted by Crippen LogP contribution is -2.49. The number of benzene rings is 1. The summed E-state index contributed by atoms with van der Waals surface area (Å²) in [5, 5.41) is 4.48. The molecule has 188 valence electrons. The van der Waals surface area contributed by atoms with Crippen molar-refractivity contribution in [1.82, 2.24) is 19.5 Å². The van der Waals surface area contributed by atoms with E-state index in [1.165, 1.54) is 15.5 Å². The van der Waals surface area contributed by atoms with Crippen molar-refractivity contribution in [3.05, 3.63) is 58.9 Å². The fourth-order valence-corrected chi connectivity index (χ4v) is 3.82. The lowest BCUT2D eigenvalue weighted by Gasteiger charge is -2.36. The number of alkyl halides is 6. The van der Waals surface area contributed by atoms with Crippen molar-refractivity contribution in [1.29, 1.82) is 0 Å². The number of hydrogen-bond acceptors (Lipinski definition) is 4. The molecule has 0 N–H and O–H groups in total. The van der Waals surface area contributed by atoms with Crippen LogP contribution in [-0.4, -0.2) is 51.6 Å². The van der Waals surface area contributed by atoms with Gasteiger partial charge in [-0.15, -0.1) is 0 Å². The van der Waals surface area contributed by atoms with Gasteiger partial charge in [0.1, 0.15) is 5.82 Å². The highest BCUT2D eigenvalue weighted by molar-refractivity contribution is 5.94. The second-order valence-electron chi connectivity index (χ2n) is 9.40. The number of halogens is 6. The molecule has 0 atom stereocenters. The second kappa shape index (κ2) is 8.42. The molecular weight excluding hydrogens is 476 g/mol. The molecule has 0 spiro atoms. The zero-order chi connectivity index (χ0) is 25.8. The van der Waals surface area contributed by atoms with Crippen LogP contribution in [0.15, 0.2) is 36.4 Å². The Morgan fingerprint density at radius 2 is 1.43 bits per heavy atom. The first-order valence-corrected chi connectivity index (χ1v) is 10.8. The van der Waals surface area contributed by atoms with E-state index >= 15 is 0 Å². The fraction of sp³-hybridized carbons (Fsp3) is 0.435. The number of amides is 1. The summed E-state index contributed by atoms with van der Waals surface area (Å²) in [5.74, 6) is -0.234. The number of fused-ring (bicyclic) bond motifs is 1. The summed E-state index contributed by atoms with van der Waals surface area (Å²) < 4.78 is 80.3. The molecule has 1 aromatic carbocycles. The van der Waals surface area contributed by atoms with Gasteiger partial charge in [-0.25, -0.2) is 4.98 Å². The molecule has 2 aromatic heterocycles. The van der Waals surface area contributed by atoms with E-state index in [1.54, 1.807) is 4.90 Å². The molecule has 1 aliphatic rings. The van der Waals surface area contributed by atoms with Gasteiger partial charge in [-0.1, -0.05) is 20.8 Å². The topological polar surface area (TPSA) is 53.7 Å². The summed E-state index contributed by atoms with van der Waals surface area (Å²) in [6, 6.07) is 6.41. The zero-order valence-corrected chi connectivity index (χ0v) is 19.2. The number of aromatic nitrogens is 3. The molecule has 0 saturated carbocycles. The molecule has 0 bridgehead atoms. The van der Waals surface area contributed by atoms with Gasteiger partial charge in [0.25, 0.3) is 5.91 Å². The number of piperazine rings is 1. The van der Waals surface area contributed by atoms with E-state index in [4.69, 9.17) is 0 Å². The maximum absolute atomic E-state index is 13.5. The number of hydrogen-bond donors (Lipinski definition) is 0. The molecule has 0 unspecified atom stereocenters. The summed E-state index contributed by atoms with van der Waals surface area (Å²) in [6.45, 7) is 6.47. The molecule has 1 fully saturated rings. The summed E-state index contributed by atoms with van der Waals surface area (Å²) in [6.07, 6.45) is -9.15. The minimum atomic E-state index is -4.65. The van der Waals surface area contributed by atoms with Gasteiger partial charge in [0.15, 0.2) is 11.3 Å². The van der Waals surface area contributed by atoms with Crippen LogP contribution in [0.5, 0.6) is 0 Å². The average Bonchev–Trinajstić information content (AvgIpc) is 3.22. The van der Waals surface area contributed by atoms with Crippen LogP contribution >= 0.6 is 0 Å². The van der Waals surface area contributed by atoms with E-state index < -0.39 is 34.9 Å². The van der Waals surface area contributed by atoms with Gasteiger partial charge >= 0.3 is 12.4 Å². The van der Waals surface area contributed by atoms with E-state index in [1.807, 2.05) is 20.8 Å². The number of rotatable bonds is 2. The first-order valence-electron chi connectivity index (χ1n) is 10.8. The highest BCUT2D eigenvalue weighted by Gasteiger charge is 2.36. The van der Waals surface area contributed by atoms with Gasteiger partial charge in [-0.2, -0.15) is 36.0 Å². The van der Waals surface area contributed by atoms with Crippen molar-refractivity contribution < 1.29 is 31.1 Å². The van der Waals surface area contributed by atoms with E-state index in [9.17, 15) is 31.1 Å². The van der Waals surface area contributed by atoms with Gasteiger partial charge in [0, 0.05) is 49.3 Å². The summed E-state index contributed by atoms with van der Waals surface area (Å²) in [5.41, 5.74) is -1.53. The Hall–Kier alpha value is -3.31. The molecule has 1 aliphatic heterocycles. The third-order valence-electron chi connectivity index (χ3n) is 5.82. The molecule has 4 rings (SSSR count). The molecule has 1 amide bonds. The Bertz CT molecular complexity index is 1230. The summed E-state index contributed by atoms with van der Waals surface area (Å²) in [7, 11) is 0. The molecule has 0 radical (unpaired) electrons. The number of nitrogens with zero attached hydrogens (tertiary/aromatic N) is 5. The molecular formula is C23H23F6N5O. The molecule has 3 aromatic rings. The van der Waals surface area contributed by atoms with E-state index in [0.717, 1.165) is 30.3 Å². The maximum Gasteiger partial charge on any atom is 0.433 e. The van der Waals surface area contributed by atoms with Crippen LogP contribution in [0.2, 0.25) is 0 Å². The third kappa shape index (κ3) is 5.06. The first kappa shape index (κ1) is 24.8. The van der Waals surface area contributed by atoms with Crippen molar-refractivity contribution in [2.75, 3.05) is 31.1 Å². The van der Waals surface area contributed by atoms with Gasteiger partial charge in [-0.3, -0.25) is 4.79 Å². The van der Waals surface area contributed by atoms with Gasteiger partial charge in [0.05, 0.1) is 11.3 Å². The van der Waals surface area contributed by atoms with Crippen LogP contribution < -0.4 is 4.90 Å². The smallest absolute Gasteiger partial charge is 0.353 e. The van der Waals surface area contributed by atoms with Crippen molar-refractivity contribution in [2.45, 2.75) is 38.5 Å². The molecule has 6 nitrogen and oxygen atoms in total. The first-order chi connectivity index (χ1) is 16.1. The normalized spacial score (nSPS) is 15.7. The summed E-state index contributed by atoms with van der Waals surface area (Å²) in [4.78, 5) is 19.7. The Kier molecular flexibility index (Phi) is 5.97. The maximum atomic E-state index is 13.5. The van der Waals surface area contributed by atoms with Crippen LogP contribution in [-0.2, 0) is 17.8 Å². The van der Waals surface area contributed by atoms with Crippen molar-refractivity contribution in [2.24, 2.45) is 0 Å². The van der Waals surface area contributed by atoms with Crippen molar-refractivity contribution >= 4 is 17.4 Å². The quantitative estimate of drug-likeness (QED) is 0.465. The predicted octanol–water partition coefficient (Wildman–Crippen LogP) is 5.03. The molecule has 1 saturated heterocycles. The van der Waals surface area contributed by atoms with Crippen molar-refractivity contribution in [3.63, 3.8) is 0 Å². The minimum Gasteiger partial charge on any atom is -0.353 e. The molecule has 0 aliphatic carbocycles. The van der Waals surface area contributed by atoms with Crippen LogP contribution in [0.4, 0.5) is 32.2 Å². The Morgan fingerprint density at radius 3 is 1.94 bits per heavy atom. The van der Waals surface area contributed by atoms with Crippen molar-refractivity contribution in [3.8, 4) is 0 Å². The summed E-state index contributed by atoms with van der Waals surface area (Å²) >= 11 is 0. The third-order valence-corrected chi connectivity index (χ3v) is 5.82. The Morgan fingerprint density at radius 1 is 0.829 bits per heavy atom. The van der Waals surface area contributed by atoms with Crippen LogP contribution in [0, 0.1) is 0 Å². The monoisotopic (exact) mass is 499 g/mol. The highest BCUT2D eigenvalue weighted by atomic mass is 19.4. The highest BCUT2D eigenvalue weighted by Crippen LogP contribution is 2.33. The molecule has 3 heterocycles. The second-order valence-corrected chi connectivity index (χ2v) is 9.40. The average molecular weight is 499 g/mol. The van der Waals surface area contributed by atoms with Crippen LogP contribution in [0.25, 0.3) is 5.65 Å². The van der Waals surface area contributed by atoms with Crippen LogP contribution in [0.3, 0.4) is 0 Å².